The summed E-state index contributed by atoms with van der Waals surface area (Å²) in [6.45, 7) is 0.479. The van der Waals surface area contributed by atoms with Gasteiger partial charge in [-0.15, -0.1) is 0 Å². The number of anilines is 1. The molecule has 2 aliphatic rings. The molecule has 2 aromatic carbocycles. The zero-order chi connectivity index (χ0) is 21.5. The van der Waals surface area contributed by atoms with Crippen molar-refractivity contribution in [3.8, 4) is 11.3 Å². The van der Waals surface area contributed by atoms with Gasteiger partial charge >= 0.3 is 0 Å². The highest BCUT2D eigenvalue weighted by Gasteiger charge is 2.40. The van der Waals surface area contributed by atoms with Gasteiger partial charge in [0.2, 0.25) is 5.91 Å². The Hall–Kier alpha value is -3.94. The first-order valence-corrected chi connectivity index (χ1v) is 9.86. The molecule has 0 radical (unpaired) electrons. The number of nitrogens with one attached hydrogen (secondary N) is 1. The number of carbonyl (C=O) groups excluding carboxylic acids is 3. The minimum absolute atomic E-state index is 0.0337. The number of carbonyl (C=O) groups is 3. The summed E-state index contributed by atoms with van der Waals surface area (Å²) in [7, 11) is 0. The first-order valence-electron chi connectivity index (χ1n) is 9.86. The molecule has 0 spiro atoms. The lowest BCUT2D eigenvalue weighted by molar-refractivity contribution is -0.121. The molecule has 1 N–H and O–H groups in total. The fourth-order valence-electron chi connectivity index (χ4n) is 4.04. The Kier molecular flexibility index (Phi) is 4.54. The lowest BCUT2D eigenvalue weighted by atomic mass is 10.0. The van der Waals surface area contributed by atoms with Gasteiger partial charge in [0.05, 0.1) is 24.1 Å². The van der Waals surface area contributed by atoms with Gasteiger partial charge in [-0.2, -0.15) is 0 Å². The molecule has 5 rings (SSSR count). The smallest absolute Gasteiger partial charge is 0.256 e. The van der Waals surface area contributed by atoms with Crippen LogP contribution in [0, 0.1) is 5.82 Å². The highest BCUT2D eigenvalue weighted by Crippen LogP contribution is 2.30. The van der Waals surface area contributed by atoms with E-state index in [0.29, 0.717) is 17.0 Å². The van der Waals surface area contributed by atoms with Gasteiger partial charge in [0, 0.05) is 24.2 Å². The SMILES string of the molecule is O=C1Nc2ccc(-c3ccco3)cc2C(=O)N2CCN(C(=O)c3cccc(F)c3)CC12. The van der Waals surface area contributed by atoms with E-state index in [1.165, 1.54) is 34.1 Å². The van der Waals surface area contributed by atoms with E-state index in [1.54, 1.807) is 36.6 Å². The molecule has 2 aliphatic heterocycles. The average molecular weight is 419 g/mol. The summed E-state index contributed by atoms with van der Waals surface area (Å²) < 4.78 is 18.9. The Balaban J connectivity index is 1.43. The van der Waals surface area contributed by atoms with Crippen molar-refractivity contribution in [1.29, 1.82) is 0 Å². The molecule has 1 saturated heterocycles. The van der Waals surface area contributed by atoms with E-state index < -0.39 is 11.9 Å². The molecular formula is C23H18FN3O4. The summed E-state index contributed by atoms with van der Waals surface area (Å²) in [4.78, 5) is 42.0. The molecule has 0 aliphatic carbocycles. The van der Waals surface area contributed by atoms with E-state index in [9.17, 15) is 18.8 Å². The summed E-state index contributed by atoms with van der Waals surface area (Å²) in [5, 5.41) is 2.80. The normalized spacial score (nSPS) is 18.2. The summed E-state index contributed by atoms with van der Waals surface area (Å²) >= 11 is 0. The number of furan rings is 1. The van der Waals surface area contributed by atoms with Crippen molar-refractivity contribution in [3.05, 3.63) is 77.8 Å². The van der Waals surface area contributed by atoms with Crippen molar-refractivity contribution in [3.63, 3.8) is 0 Å². The number of hydrogen-bond donors (Lipinski definition) is 1. The number of fused-ring (bicyclic) bond motifs is 2. The second-order valence-electron chi connectivity index (χ2n) is 7.50. The van der Waals surface area contributed by atoms with Crippen LogP contribution in [-0.4, -0.2) is 53.2 Å². The maximum Gasteiger partial charge on any atom is 0.256 e. The molecule has 0 bridgehead atoms. The molecule has 0 saturated carbocycles. The number of hydrogen-bond acceptors (Lipinski definition) is 4. The van der Waals surface area contributed by atoms with Gasteiger partial charge in [-0.05, 0) is 48.5 Å². The van der Waals surface area contributed by atoms with Gasteiger partial charge in [0.25, 0.3) is 11.8 Å². The minimum atomic E-state index is -0.835. The number of halogens is 1. The monoisotopic (exact) mass is 419 g/mol. The fourth-order valence-corrected chi connectivity index (χ4v) is 4.04. The number of rotatable bonds is 2. The molecule has 31 heavy (non-hydrogen) atoms. The Morgan fingerprint density at radius 1 is 1.06 bits per heavy atom. The van der Waals surface area contributed by atoms with Crippen molar-refractivity contribution in [2.45, 2.75) is 6.04 Å². The van der Waals surface area contributed by atoms with Crippen molar-refractivity contribution < 1.29 is 23.2 Å². The van der Waals surface area contributed by atoms with E-state index in [2.05, 4.69) is 5.32 Å². The zero-order valence-corrected chi connectivity index (χ0v) is 16.4. The molecule has 1 atom stereocenters. The predicted octanol–water partition coefficient (Wildman–Crippen LogP) is 3.00. The largest absolute Gasteiger partial charge is 0.464 e. The Labute approximate surface area is 177 Å². The summed E-state index contributed by atoms with van der Waals surface area (Å²) in [6, 6.07) is 13.3. The maximum atomic E-state index is 13.5. The van der Waals surface area contributed by atoms with E-state index in [-0.39, 0.29) is 42.9 Å². The zero-order valence-electron chi connectivity index (χ0n) is 16.4. The topological polar surface area (TPSA) is 82.9 Å². The molecule has 3 heterocycles. The third kappa shape index (κ3) is 3.35. The Bertz CT molecular complexity index is 1190. The van der Waals surface area contributed by atoms with Crippen molar-refractivity contribution >= 4 is 23.4 Å². The first-order chi connectivity index (χ1) is 15.0. The van der Waals surface area contributed by atoms with Crippen LogP contribution in [0.3, 0.4) is 0 Å². The molecule has 8 heteroatoms. The number of nitrogens with zero attached hydrogens (tertiary/aromatic N) is 2. The van der Waals surface area contributed by atoms with Gasteiger partial charge in [-0.3, -0.25) is 14.4 Å². The van der Waals surface area contributed by atoms with Crippen LogP contribution in [0.1, 0.15) is 20.7 Å². The lowest BCUT2D eigenvalue weighted by Gasteiger charge is -2.39. The third-order valence-corrected chi connectivity index (χ3v) is 5.62. The third-order valence-electron chi connectivity index (χ3n) is 5.62. The molecular weight excluding hydrogens is 401 g/mol. The second kappa shape index (κ2) is 7.39. The standard InChI is InChI=1S/C23H18FN3O4/c24-16-4-1-3-15(11-16)22(29)26-8-9-27-19(13-26)21(28)25-18-7-6-14(12-17(18)23(27)30)20-5-2-10-31-20/h1-7,10-12,19H,8-9,13H2,(H,25,28). The summed E-state index contributed by atoms with van der Waals surface area (Å²) in [5.41, 5.74) is 1.72. The molecule has 156 valence electrons. The highest BCUT2D eigenvalue weighted by molar-refractivity contribution is 6.11. The quantitative estimate of drug-likeness (QED) is 0.692. The van der Waals surface area contributed by atoms with E-state index in [4.69, 9.17) is 4.42 Å². The summed E-state index contributed by atoms with van der Waals surface area (Å²) in [6.07, 6.45) is 1.55. The van der Waals surface area contributed by atoms with E-state index in [0.717, 1.165) is 5.56 Å². The molecule has 3 aromatic rings. The van der Waals surface area contributed by atoms with Crippen LogP contribution >= 0.6 is 0 Å². The van der Waals surface area contributed by atoms with Crippen LogP contribution in [0.15, 0.2) is 65.3 Å². The highest BCUT2D eigenvalue weighted by atomic mass is 19.1. The van der Waals surface area contributed by atoms with Crippen molar-refractivity contribution in [2.75, 3.05) is 25.0 Å². The van der Waals surface area contributed by atoms with Crippen LogP contribution in [0.2, 0.25) is 0 Å². The van der Waals surface area contributed by atoms with E-state index >= 15 is 0 Å². The second-order valence-corrected chi connectivity index (χ2v) is 7.50. The minimum Gasteiger partial charge on any atom is -0.464 e. The average Bonchev–Trinajstić information content (AvgIpc) is 3.30. The van der Waals surface area contributed by atoms with Crippen LogP contribution in [-0.2, 0) is 4.79 Å². The van der Waals surface area contributed by atoms with Crippen LogP contribution in [0.5, 0.6) is 0 Å². The molecule has 1 unspecified atom stereocenters. The maximum absolute atomic E-state index is 13.5. The lowest BCUT2D eigenvalue weighted by Crippen LogP contribution is -2.59. The number of benzene rings is 2. The van der Waals surface area contributed by atoms with Gasteiger partial charge in [0.15, 0.2) is 0 Å². The van der Waals surface area contributed by atoms with Crippen LogP contribution in [0.25, 0.3) is 11.3 Å². The van der Waals surface area contributed by atoms with Crippen LogP contribution in [0.4, 0.5) is 10.1 Å². The Morgan fingerprint density at radius 3 is 2.71 bits per heavy atom. The number of piperazine rings is 1. The van der Waals surface area contributed by atoms with Gasteiger partial charge in [-0.1, -0.05) is 6.07 Å². The molecule has 7 nitrogen and oxygen atoms in total. The van der Waals surface area contributed by atoms with Gasteiger partial charge < -0.3 is 19.5 Å². The predicted molar refractivity (Wildman–Crippen MR) is 110 cm³/mol. The molecule has 1 aromatic heterocycles. The summed E-state index contributed by atoms with van der Waals surface area (Å²) in [5.74, 6) is -0.914. The van der Waals surface area contributed by atoms with Gasteiger partial charge in [-0.25, -0.2) is 4.39 Å². The van der Waals surface area contributed by atoms with Crippen molar-refractivity contribution in [2.24, 2.45) is 0 Å². The Morgan fingerprint density at radius 2 is 1.94 bits per heavy atom. The fraction of sp³-hybridized carbons (Fsp3) is 0.174. The van der Waals surface area contributed by atoms with E-state index in [1.807, 2.05) is 0 Å². The van der Waals surface area contributed by atoms with Crippen molar-refractivity contribution in [1.82, 2.24) is 9.80 Å². The van der Waals surface area contributed by atoms with Crippen LogP contribution < -0.4 is 5.32 Å². The molecule has 1 fully saturated rings. The molecule has 3 amide bonds. The van der Waals surface area contributed by atoms with Gasteiger partial charge in [0.1, 0.15) is 17.6 Å². The first kappa shape index (κ1) is 19.0. The number of amides is 3.